The van der Waals surface area contributed by atoms with E-state index in [-0.39, 0.29) is 18.4 Å². The number of methoxy groups -OCH3 is 1. The second-order valence-corrected chi connectivity index (χ2v) is 6.56. The van der Waals surface area contributed by atoms with Crippen LogP contribution < -0.4 is 20.2 Å². The number of hydrogen-bond acceptors (Lipinski definition) is 6. The highest BCUT2D eigenvalue weighted by atomic mass is 16.5. The summed E-state index contributed by atoms with van der Waals surface area (Å²) in [6.07, 6.45) is 4.52. The Labute approximate surface area is 179 Å². The first-order chi connectivity index (χ1) is 15.0. The van der Waals surface area contributed by atoms with Gasteiger partial charge in [-0.05, 0) is 60.5 Å². The van der Waals surface area contributed by atoms with Crippen LogP contribution in [0.15, 0.2) is 72.1 Å². The predicted molar refractivity (Wildman–Crippen MR) is 118 cm³/mol. The van der Waals surface area contributed by atoms with Gasteiger partial charge in [0.15, 0.2) is 18.1 Å². The van der Waals surface area contributed by atoms with Gasteiger partial charge in [-0.1, -0.05) is 12.1 Å². The molecule has 1 heterocycles. The number of carbonyl (C=O) groups is 2. The lowest BCUT2D eigenvalue weighted by Crippen LogP contribution is -2.20. The molecule has 8 heteroatoms. The summed E-state index contributed by atoms with van der Waals surface area (Å²) in [6.45, 7) is 1.78. The van der Waals surface area contributed by atoms with E-state index < -0.39 is 0 Å². The van der Waals surface area contributed by atoms with Crippen LogP contribution in [-0.4, -0.2) is 36.7 Å². The number of aromatic nitrogens is 1. The molecular formula is C23H22N4O4. The third kappa shape index (κ3) is 6.40. The SMILES string of the molecule is COc1cc(C=NNC(=O)c2cccnc2)ccc1OCC(=O)Nc1cccc(C)c1. The molecule has 31 heavy (non-hydrogen) atoms. The lowest BCUT2D eigenvalue weighted by atomic mass is 10.2. The second kappa shape index (κ2) is 10.5. The van der Waals surface area contributed by atoms with Gasteiger partial charge in [0.25, 0.3) is 11.8 Å². The van der Waals surface area contributed by atoms with Gasteiger partial charge in [-0.2, -0.15) is 5.10 Å². The van der Waals surface area contributed by atoms with Crippen LogP contribution in [0.3, 0.4) is 0 Å². The third-order valence-corrected chi connectivity index (χ3v) is 4.15. The first kappa shape index (κ1) is 21.5. The van der Waals surface area contributed by atoms with Gasteiger partial charge in [0.1, 0.15) is 0 Å². The van der Waals surface area contributed by atoms with Crippen LogP contribution >= 0.6 is 0 Å². The van der Waals surface area contributed by atoms with Crippen LogP contribution in [0.25, 0.3) is 0 Å². The Morgan fingerprint density at radius 1 is 1.10 bits per heavy atom. The van der Waals surface area contributed by atoms with Crippen LogP contribution in [0.1, 0.15) is 21.5 Å². The maximum Gasteiger partial charge on any atom is 0.272 e. The van der Waals surface area contributed by atoms with Crippen molar-refractivity contribution in [2.75, 3.05) is 19.0 Å². The number of anilines is 1. The average Bonchev–Trinajstić information content (AvgIpc) is 2.78. The smallest absolute Gasteiger partial charge is 0.272 e. The molecule has 2 amide bonds. The van der Waals surface area contributed by atoms with Crippen molar-refractivity contribution >= 4 is 23.7 Å². The lowest BCUT2D eigenvalue weighted by molar-refractivity contribution is -0.118. The number of nitrogens with zero attached hydrogens (tertiary/aromatic N) is 2. The van der Waals surface area contributed by atoms with Crippen molar-refractivity contribution in [1.29, 1.82) is 0 Å². The van der Waals surface area contributed by atoms with Crippen LogP contribution in [0.2, 0.25) is 0 Å². The zero-order valence-corrected chi connectivity index (χ0v) is 17.2. The Morgan fingerprint density at radius 2 is 1.97 bits per heavy atom. The molecular weight excluding hydrogens is 396 g/mol. The summed E-state index contributed by atoms with van der Waals surface area (Å²) in [6, 6.07) is 15.9. The van der Waals surface area contributed by atoms with Crippen LogP contribution in [0, 0.1) is 6.92 Å². The zero-order valence-electron chi connectivity index (χ0n) is 17.2. The summed E-state index contributed by atoms with van der Waals surface area (Å²) in [7, 11) is 1.50. The average molecular weight is 418 g/mol. The van der Waals surface area contributed by atoms with E-state index in [4.69, 9.17) is 9.47 Å². The van der Waals surface area contributed by atoms with E-state index in [0.717, 1.165) is 5.56 Å². The molecule has 0 saturated carbocycles. The maximum absolute atomic E-state index is 12.1. The Kier molecular flexibility index (Phi) is 7.31. The van der Waals surface area contributed by atoms with Crippen LogP contribution in [-0.2, 0) is 4.79 Å². The van der Waals surface area contributed by atoms with Crippen molar-refractivity contribution in [1.82, 2.24) is 10.4 Å². The molecule has 2 aromatic carbocycles. The molecule has 8 nitrogen and oxygen atoms in total. The number of pyridine rings is 1. The van der Waals surface area contributed by atoms with Crippen molar-refractivity contribution < 1.29 is 19.1 Å². The Bertz CT molecular complexity index is 1080. The fraction of sp³-hybridized carbons (Fsp3) is 0.130. The summed E-state index contributed by atoms with van der Waals surface area (Å²) < 4.78 is 10.9. The molecule has 0 bridgehead atoms. The van der Waals surface area contributed by atoms with Crippen molar-refractivity contribution in [2.24, 2.45) is 5.10 Å². The number of carbonyl (C=O) groups excluding carboxylic acids is 2. The van der Waals surface area contributed by atoms with E-state index in [1.807, 2.05) is 31.2 Å². The summed E-state index contributed by atoms with van der Waals surface area (Å²) in [5, 5.41) is 6.72. The highest BCUT2D eigenvalue weighted by Crippen LogP contribution is 2.27. The first-order valence-corrected chi connectivity index (χ1v) is 9.46. The highest BCUT2D eigenvalue weighted by molar-refractivity contribution is 5.94. The van der Waals surface area contributed by atoms with Gasteiger partial charge in [0, 0.05) is 18.1 Å². The summed E-state index contributed by atoms with van der Waals surface area (Å²) in [5.74, 6) is 0.205. The second-order valence-electron chi connectivity index (χ2n) is 6.56. The standard InChI is InChI=1S/C23H22N4O4/c1-16-5-3-7-19(11-16)26-22(28)15-31-20-9-8-17(12-21(20)30-2)13-25-27-23(29)18-6-4-10-24-14-18/h3-14H,15H2,1-2H3,(H,26,28)(H,27,29). The normalized spacial score (nSPS) is 10.5. The third-order valence-electron chi connectivity index (χ3n) is 4.15. The number of rotatable bonds is 8. The molecule has 1 aromatic heterocycles. The molecule has 158 valence electrons. The largest absolute Gasteiger partial charge is 0.493 e. The summed E-state index contributed by atoms with van der Waals surface area (Å²) in [5.41, 5.74) is 5.28. The van der Waals surface area contributed by atoms with E-state index in [1.165, 1.54) is 19.5 Å². The van der Waals surface area contributed by atoms with Crippen molar-refractivity contribution in [3.05, 3.63) is 83.7 Å². The van der Waals surface area contributed by atoms with Crippen molar-refractivity contribution in [3.8, 4) is 11.5 Å². The molecule has 3 aromatic rings. The zero-order chi connectivity index (χ0) is 22.1. The van der Waals surface area contributed by atoms with E-state index in [2.05, 4.69) is 20.8 Å². The van der Waals surface area contributed by atoms with Gasteiger partial charge in [-0.3, -0.25) is 14.6 Å². The van der Waals surface area contributed by atoms with E-state index in [9.17, 15) is 9.59 Å². The number of benzene rings is 2. The number of hydrazone groups is 1. The van der Waals surface area contributed by atoms with E-state index in [1.54, 1.807) is 36.5 Å². The molecule has 0 aliphatic rings. The van der Waals surface area contributed by atoms with Gasteiger partial charge in [0.05, 0.1) is 18.9 Å². The molecule has 0 saturated heterocycles. The van der Waals surface area contributed by atoms with Crippen LogP contribution in [0.5, 0.6) is 11.5 Å². The van der Waals surface area contributed by atoms with Crippen molar-refractivity contribution in [3.63, 3.8) is 0 Å². The summed E-state index contributed by atoms with van der Waals surface area (Å²) in [4.78, 5) is 28.0. The molecule has 0 unspecified atom stereocenters. The molecule has 2 N–H and O–H groups in total. The Morgan fingerprint density at radius 3 is 2.71 bits per heavy atom. The molecule has 0 aliphatic carbocycles. The number of amides is 2. The first-order valence-electron chi connectivity index (χ1n) is 9.46. The Hall–Kier alpha value is -4.20. The quantitative estimate of drug-likeness (QED) is 0.432. The van der Waals surface area contributed by atoms with Crippen molar-refractivity contribution in [2.45, 2.75) is 6.92 Å². The van der Waals surface area contributed by atoms with Gasteiger partial charge >= 0.3 is 0 Å². The lowest BCUT2D eigenvalue weighted by Gasteiger charge is -2.11. The van der Waals surface area contributed by atoms with Gasteiger partial charge in [-0.25, -0.2) is 5.43 Å². The molecule has 0 atom stereocenters. The molecule has 0 aliphatic heterocycles. The fourth-order valence-corrected chi connectivity index (χ4v) is 2.67. The predicted octanol–water partition coefficient (Wildman–Crippen LogP) is 3.18. The van der Waals surface area contributed by atoms with Gasteiger partial charge in [0.2, 0.25) is 0 Å². The minimum Gasteiger partial charge on any atom is -0.493 e. The van der Waals surface area contributed by atoms with Crippen LogP contribution in [0.4, 0.5) is 5.69 Å². The molecule has 0 spiro atoms. The minimum atomic E-state index is -0.365. The topological polar surface area (TPSA) is 102 Å². The Balaban J connectivity index is 1.56. The van der Waals surface area contributed by atoms with Gasteiger partial charge in [-0.15, -0.1) is 0 Å². The number of nitrogens with one attached hydrogen (secondary N) is 2. The molecule has 0 fully saturated rings. The monoisotopic (exact) mass is 418 g/mol. The highest BCUT2D eigenvalue weighted by Gasteiger charge is 2.09. The van der Waals surface area contributed by atoms with E-state index >= 15 is 0 Å². The molecule has 0 radical (unpaired) electrons. The van der Waals surface area contributed by atoms with E-state index in [0.29, 0.717) is 28.3 Å². The number of hydrogen-bond donors (Lipinski definition) is 2. The number of ether oxygens (including phenoxy) is 2. The minimum absolute atomic E-state index is 0.168. The fourth-order valence-electron chi connectivity index (χ4n) is 2.67. The molecule has 3 rings (SSSR count). The number of aryl methyl sites for hydroxylation is 1. The summed E-state index contributed by atoms with van der Waals surface area (Å²) >= 11 is 0. The maximum atomic E-state index is 12.1. The van der Waals surface area contributed by atoms with Gasteiger partial charge < -0.3 is 14.8 Å².